The Morgan fingerprint density at radius 3 is 2.17 bits per heavy atom. The summed E-state index contributed by atoms with van der Waals surface area (Å²) in [7, 11) is 1.63. The van der Waals surface area contributed by atoms with Crippen LogP contribution in [0.3, 0.4) is 0 Å². The van der Waals surface area contributed by atoms with Gasteiger partial charge in [-0.05, 0) is 50.2 Å². The van der Waals surface area contributed by atoms with E-state index in [0.29, 0.717) is 26.8 Å². The molecule has 2 heterocycles. The molecule has 6 rings (SSSR count). The van der Waals surface area contributed by atoms with Gasteiger partial charge in [-0.25, -0.2) is 9.98 Å². The molecular weight excluding hydrogens is 530 g/mol. The SMILES string of the molecule is COc1ccc(-n2c(=NC(=Nc3ccccc3)c3ccc(C)cc3)sc3c(=O)nc(-c4ccc(C)cc4)[nH]c32)cc1. The summed E-state index contributed by atoms with van der Waals surface area (Å²) in [6.45, 7) is 4.07. The van der Waals surface area contributed by atoms with E-state index in [2.05, 4.69) is 9.97 Å². The molecule has 1 N–H and O–H groups in total. The number of hydrogen-bond acceptors (Lipinski definition) is 5. The van der Waals surface area contributed by atoms with E-state index in [1.165, 1.54) is 11.3 Å². The van der Waals surface area contributed by atoms with E-state index in [9.17, 15) is 4.79 Å². The first-order chi connectivity index (χ1) is 20.0. The fourth-order valence-electron chi connectivity index (χ4n) is 4.40. The van der Waals surface area contributed by atoms with Crippen molar-refractivity contribution in [2.24, 2.45) is 9.98 Å². The Hall–Kier alpha value is -5.08. The van der Waals surface area contributed by atoms with E-state index >= 15 is 0 Å². The van der Waals surface area contributed by atoms with Crippen LogP contribution in [0.5, 0.6) is 5.75 Å². The first-order valence-corrected chi connectivity index (χ1v) is 13.9. The predicted molar refractivity (Wildman–Crippen MR) is 166 cm³/mol. The number of aromatic nitrogens is 3. The summed E-state index contributed by atoms with van der Waals surface area (Å²) in [5.74, 6) is 1.75. The highest BCUT2D eigenvalue weighted by Gasteiger charge is 2.16. The molecule has 0 fully saturated rings. The number of hydrogen-bond donors (Lipinski definition) is 1. The number of methoxy groups -OCH3 is 1. The van der Waals surface area contributed by atoms with E-state index in [1.54, 1.807) is 7.11 Å². The summed E-state index contributed by atoms with van der Waals surface area (Å²) in [5.41, 5.74) is 5.84. The van der Waals surface area contributed by atoms with Gasteiger partial charge in [0.1, 0.15) is 21.9 Å². The highest BCUT2D eigenvalue weighted by atomic mass is 32.1. The van der Waals surface area contributed by atoms with Gasteiger partial charge in [0.2, 0.25) is 0 Å². The number of benzene rings is 4. The summed E-state index contributed by atoms with van der Waals surface area (Å²) < 4.78 is 7.80. The summed E-state index contributed by atoms with van der Waals surface area (Å²) in [4.78, 5) is 31.8. The quantitative estimate of drug-likeness (QED) is 0.188. The van der Waals surface area contributed by atoms with Gasteiger partial charge in [0.25, 0.3) is 5.56 Å². The molecule has 0 aliphatic carbocycles. The minimum absolute atomic E-state index is 0.320. The fraction of sp³-hybridized carbons (Fsp3) is 0.0909. The number of aliphatic imine (C=N–C) groups is 1. The molecule has 7 nitrogen and oxygen atoms in total. The van der Waals surface area contributed by atoms with Gasteiger partial charge in [0, 0.05) is 11.1 Å². The van der Waals surface area contributed by atoms with E-state index < -0.39 is 0 Å². The minimum atomic E-state index is -0.320. The van der Waals surface area contributed by atoms with Crippen LogP contribution in [0.2, 0.25) is 0 Å². The van der Waals surface area contributed by atoms with Gasteiger partial charge in [-0.3, -0.25) is 9.36 Å². The van der Waals surface area contributed by atoms with Crippen LogP contribution in [-0.2, 0) is 0 Å². The molecule has 6 aromatic rings. The van der Waals surface area contributed by atoms with Gasteiger partial charge in [0.05, 0.1) is 18.5 Å². The van der Waals surface area contributed by atoms with Crippen LogP contribution in [0.1, 0.15) is 16.7 Å². The van der Waals surface area contributed by atoms with Crippen LogP contribution in [0.4, 0.5) is 5.69 Å². The predicted octanol–water partition coefficient (Wildman–Crippen LogP) is 6.75. The fourth-order valence-corrected chi connectivity index (χ4v) is 5.37. The summed E-state index contributed by atoms with van der Waals surface area (Å²) in [6, 6.07) is 33.4. The number of rotatable bonds is 5. The Bertz CT molecular complexity index is 1990. The topological polar surface area (TPSA) is 84.6 Å². The first-order valence-electron chi connectivity index (χ1n) is 13.1. The lowest BCUT2D eigenvalue weighted by atomic mass is 10.1. The Labute approximate surface area is 240 Å². The van der Waals surface area contributed by atoms with Crippen molar-refractivity contribution < 1.29 is 4.74 Å². The molecule has 8 heteroatoms. The third-order valence-electron chi connectivity index (χ3n) is 6.63. The molecule has 41 heavy (non-hydrogen) atoms. The number of nitrogens with zero attached hydrogens (tertiary/aromatic N) is 4. The molecule has 0 saturated heterocycles. The second-order valence-electron chi connectivity index (χ2n) is 9.60. The van der Waals surface area contributed by atoms with E-state index in [0.717, 1.165) is 39.4 Å². The highest BCUT2D eigenvalue weighted by molar-refractivity contribution is 7.16. The minimum Gasteiger partial charge on any atom is -0.497 e. The zero-order valence-corrected chi connectivity index (χ0v) is 23.6. The molecule has 0 bridgehead atoms. The van der Waals surface area contributed by atoms with Crippen molar-refractivity contribution in [1.82, 2.24) is 14.5 Å². The van der Waals surface area contributed by atoms with Crippen molar-refractivity contribution in [2.45, 2.75) is 13.8 Å². The smallest absolute Gasteiger partial charge is 0.292 e. The lowest BCUT2D eigenvalue weighted by Gasteiger charge is -2.09. The van der Waals surface area contributed by atoms with Gasteiger partial charge < -0.3 is 9.72 Å². The van der Waals surface area contributed by atoms with E-state index in [4.69, 9.17) is 14.7 Å². The third kappa shape index (κ3) is 5.50. The molecule has 2 aromatic heterocycles. The third-order valence-corrected chi connectivity index (χ3v) is 7.65. The Morgan fingerprint density at radius 2 is 1.51 bits per heavy atom. The standard InChI is InChI=1S/C33H27N5O2S/c1-21-9-13-23(14-10-21)29(34-25-7-5-4-6-8-25)37-33-38(26-17-19-27(40-3)20-18-26)31-28(41-33)32(39)36-30(35-31)24-15-11-22(2)12-16-24/h4-20H,1-3H3,(H,35,36,39). The summed E-state index contributed by atoms with van der Waals surface area (Å²) in [5, 5.41) is 0. The van der Waals surface area contributed by atoms with Crippen LogP contribution >= 0.6 is 11.3 Å². The largest absolute Gasteiger partial charge is 0.497 e. The molecule has 0 amide bonds. The number of aromatic amines is 1. The van der Waals surface area contributed by atoms with Crippen molar-refractivity contribution in [1.29, 1.82) is 0 Å². The summed E-state index contributed by atoms with van der Waals surface area (Å²) >= 11 is 1.28. The summed E-state index contributed by atoms with van der Waals surface area (Å²) in [6.07, 6.45) is 0. The molecule has 0 atom stereocenters. The lowest BCUT2D eigenvalue weighted by molar-refractivity contribution is 0.414. The zero-order chi connectivity index (χ0) is 28.3. The second kappa shape index (κ2) is 11.2. The number of nitrogens with one attached hydrogen (secondary N) is 1. The van der Waals surface area contributed by atoms with Crippen LogP contribution in [-0.4, -0.2) is 27.5 Å². The maximum absolute atomic E-state index is 13.4. The maximum Gasteiger partial charge on any atom is 0.292 e. The van der Waals surface area contributed by atoms with Crippen LogP contribution in [0.15, 0.2) is 118 Å². The lowest BCUT2D eigenvalue weighted by Crippen LogP contribution is -2.17. The molecule has 4 aromatic carbocycles. The van der Waals surface area contributed by atoms with Gasteiger partial charge in [-0.15, -0.1) is 0 Å². The van der Waals surface area contributed by atoms with Gasteiger partial charge in [-0.1, -0.05) is 89.2 Å². The molecular formula is C33H27N5O2S. The van der Waals surface area contributed by atoms with Crippen molar-refractivity contribution >= 4 is 33.2 Å². The normalized spacial score (nSPS) is 12.2. The molecule has 0 aliphatic rings. The van der Waals surface area contributed by atoms with E-state index in [-0.39, 0.29) is 5.56 Å². The van der Waals surface area contributed by atoms with Crippen LogP contribution in [0.25, 0.3) is 27.4 Å². The van der Waals surface area contributed by atoms with Gasteiger partial charge in [-0.2, -0.15) is 4.98 Å². The number of amidine groups is 1. The average Bonchev–Trinajstić information content (AvgIpc) is 3.36. The number of ether oxygens (including phenoxy) is 1. The van der Waals surface area contributed by atoms with E-state index in [1.807, 2.05) is 122 Å². The number of H-pyrrole nitrogens is 1. The Kier molecular flexibility index (Phi) is 7.14. The molecule has 0 unspecified atom stereocenters. The molecule has 0 saturated carbocycles. The van der Waals surface area contributed by atoms with Gasteiger partial charge >= 0.3 is 0 Å². The van der Waals surface area contributed by atoms with Crippen molar-refractivity contribution in [3.63, 3.8) is 0 Å². The van der Waals surface area contributed by atoms with Crippen LogP contribution < -0.4 is 15.1 Å². The zero-order valence-electron chi connectivity index (χ0n) is 22.8. The Morgan fingerprint density at radius 1 is 0.854 bits per heavy atom. The molecule has 202 valence electrons. The molecule has 0 spiro atoms. The number of para-hydroxylation sites is 1. The monoisotopic (exact) mass is 557 g/mol. The number of fused-ring (bicyclic) bond motifs is 1. The highest BCUT2D eigenvalue weighted by Crippen LogP contribution is 2.23. The first kappa shape index (κ1) is 26.2. The van der Waals surface area contributed by atoms with Crippen molar-refractivity contribution in [3.8, 4) is 22.8 Å². The average molecular weight is 558 g/mol. The van der Waals surface area contributed by atoms with Crippen LogP contribution in [0, 0.1) is 13.8 Å². The van der Waals surface area contributed by atoms with Crippen molar-refractivity contribution in [3.05, 3.63) is 135 Å². The maximum atomic E-state index is 13.4. The molecule has 0 radical (unpaired) electrons. The van der Waals surface area contributed by atoms with Crippen molar-refractivity contribution in [2.75, 3.05) is 7.11 Å². The number of aryl methyl sites for hydroxylation is 2. The number of thiazole rings is 1. The second-order valence-corrected chi connectivity index (χ2v) is 10.6. The Balaban J connectivity index is 1.64. The van der Waals surface area contributed by atoms with Gasteiger partial charge in [0.15, 0.2) is 10.6 Å². The molecule has 0 aliphatic heterocycles.